The number of aromatic nitrogens is 2. The smallest absolute Gasteiger partial charge is 0.274 e. The molecule has 1 aromatic rings. The van der Waals surface area contributed by atoms with Crippen LogP contribution in [0.1, 0.15) is 30.8 Å². The van der Waals surface area contributed by atoms with Gasteiger partial charge in [-0.25, -0.2) is 0 Å². The van der Waals surface area contributed by atoms with Crippen molar-refractivity contribution in [2.75, 3.05) is 5.73 Å². The molecule has 0 spiro atoms. The average molecular weight is 239 g/mol. The third-order valence-electron chi connectivity index (χ3n) is 2.14. The van der Waals surface area contributed by atoms with E-state index in [-0.39, 0.29) is 12.1 Å². The molecule has 7 heteroatoms. The second kappa shape index (κ2) is 4.44. The maximum atomic E-state index is 11.9. The van der Waals surface area contributed by atoms with E-state index in [1.54, 1.807) is 20.9 Å². The molecule has 0 saturated heterocycles. The maximum Gasteiger partial charge on any atom is 0.274 e. The summed E-state index contributed by atoms with van der Waals surface area (Å²) in [4.78, 5) is 22.7. The normalized spacial score (nSPS) is 11.2. The number of carbonyl (C=O) groups excluding carboxylic acids is 2. The number of nitrogens with one attached hydrogen (secondary N) is 1. The van der Waals surface area contributed by atoms with Gasteiger partial charge >= 0.3 is 0 Å². The molecule has 0 fully saturated rings. The number of aryl methyl sites for hydroxylation is 1. The van der Waals surface area contributed by atoms with Gasteiger partial charge in [-0.05, 0) is 13.8 Å². The summed E-state index contributed by atoms with van der Waals surface area (Å²) in [7, 11) is 1.67. The average Bonchev–Trinajstić information content (AvgIpc) is 2.41. The maximum absolute atomic E-state index is 11.9. The van der Waals surface area contributed by atoms with Gasteiger partial charge in [0.1, 0.15) is 0 Å². The van der Waals surface area contributed by atoms with Crippen LogP contribution in [-0.2, 0) is 11.8 Å². The van der Waals surface area contributed by atoms with Crippen molar-refractivity contribution in [2.24, 2.45) is 12.8 Å². The fraction of sp³-hybridized carbons (Fsp3) is 0.500. The van der Waals surface area contributed by atoms with Crippen molar-refractivity contribution in [2.45, 2.75) is 25.8 Å². The van der Waals surface area contributed by atoms with Gasteiger partial charge in [0, 0.05) is 25.2 Å². The first-order valence-corrected chi connectivity index (χ1v) is 5.11. The Morgan fingerprint density at radius 1 is 1.53 bits per heavy atom. The summed E-state index contributed by atoms with van der Waals surface area (Å²) >= 11 is 0. The summed E-state index contributed by atoms with van der Waals surface area (Å²) in [5, 5.41) is 6.60. The van der Waals surface area contributed by atoms with Crippen molar-refractivity contribution < 1.29 is 9.59 Å². The lowest BCUT2D eigenvalue weighted by molar-refractivity contribution is -0.119. The van der Waals surface area contributed by atoms with Crippen LogP contribution in [0.15, 0.2) is 6.20 Å². The molecule has 2 amide bonds. The fourth-order valence-electron chi connectivity index (χ4n) is 1.53. The number of carbonyl (C=O) groups is 2. The second-order valence-corrected chi connectivity index (χ2v) is 4.59. The molecular weight excluding hydrogens is 222 g/mol. The number of rotatable bonds is 4. The minimum Gasteiger partial charge on any atom is -0.396 e. The molecule has 0 bridgehead atoms. The van der Waals surface area contributed by atoms with Gasteiger partial charge in [0.05, 0.1) is 5.69 Å². The molecule has 1 aromatic heterocycles. The predicted octanol–water partition coefficient (Wildman–Crippen LogP) is -0.614. The Labute approximate surface area is 99.1 Å². The molecule has 7 nitrogen and oxygen atoms in total. The van der Waals surface area contributed by atoms with Crippen LogP contribution in [0.5, 0.6) is 0 Å². The Balaban J connectivity index is 2.79. The standard InChI is InChI=1S/C10H17N5O2/c1-10(2,4-7(12)16)13-9(17)8-6(11)5-15(3)14-8/h5H,4,11H2,1-3H3,(H2,12,16)(H,13,17). The van der Waals surface area contributed by atoms with Gasteiger partial charge < -0.3 is 16.8 Å². The third kappa shape index (κ3) is 3.47. The Bertz CT molecular complexity index is 450. The summed E-state index contributed by atoms with van der Waals surface area (Å²) in [6.45, 7) is 3.41. The highest BCUT2D eigenvalue weighted by molar-refractivity contribution is 5.97. The molecule has 94 valence electrons. The zero-order valence-corrected chi connectivity index (χ0v) is 10.2. The molecule has 0 unspecified atom stereocenters. The largest absolute Gasteiger partial charge is 0.396 e. The van der Waals surface area contributed by atoms with Crippen LogP contribution in [0.4, 0.5) is 5.69 Å². The Morgan fingerprint density at radius 2 is 2.12 bits per heavy atom. The van der Waals surface area contributed by atoms with E-state index in [0.29, 0.717) is 5.69 Å². The molecule has 17 heavy (non-hydrogen) atoms. The molecule has 0 aromatic carbocycles. The lowest BCUT2D eigenvalue weighted by atomic mass is 10.00. The molecule has 0 atom stereocenters. The quantitative estimate of drug-likeness (QED) is 0.649. The first kappa shape index (κ1) is 13.0. The number of amides is 2. The first-order chi connectivity index (χ1) is 7.71. The summed E-state index contributed by atoms with van der Waals surface area (Å²) in [6, 6.07) is 0. The zero-order chi connectivity index (χ0) is 13.2. The molecule has 0 aliphatic heterocycles. The van der Waals surface area contributed by atoms with E-state index >= 15 is 0 Å². The van der Waals surface area contributed by atoms with Gasteiger partial charge in [-0.1, -0.05) is 0 Å². The van der Waals surface area contributed by atoms with E-state index in [4.69, 9.17) is 11.5 Å². The lowest BCUT2D eigenvalue weighted by Gasteiger charge is -2.24. The van der Waals surface area contributed by atoms with E-state index < -0.39 is 17.4 Å². The number of primary amides is 1. The van der Waals surface area contributed by atoms with E-state index in [0.717, 1.165) is 0 Å². The van der Waals surface area contributed by atoms with Crippen LogP contribution in [0.3, 0.4) is 0 Å². The summed E-state index contributed by atoms with van der Waals surface area (Å²) in [5.74, 6) is -0.904. The predicted molar refractivity (Wildman–Crippen MR) is 63.0 cm³/mol. The van der Waals surface area contributed by atoms with Crippen molar-refractivity contribution in [1.82, 2.24) is 15.1 Å². The van der Waals surface area contributed by atoms with Gasteiger partial charge in [0.15, 0.2) is 5.69 Å². The van der Waals surface area contributed by atoms with Gasteiger partial charge in [-0.3, -0.25) is 14.3 Å². The number of nitrogens with two attached hydrogens (primary N) is 2. The number of hydrogen-bond acceptors (Lipinski definition) is 4. The number of hydrogen-bond donors (Lipinski definition) is 3. The molecular formula is C10H17N5O2. The summed E-state index contributed by atoms with van der Waals surface area (Å²) in [5.41, 5.74) is 10.4. The monoisotopic (exact) mass is 239 g/mol. The van der Waals surface area contributed by atoms with E-state index in [9.17, 15) is 9.59 Å². The van der Waals surface area contributed by atoms with Crippen molar-refractivity contribution in [3.63, 3.8) is 0 Å². The minimum absolute atomic E-state index is 0.0471. The first-order valence-electron chi connectivity index (χ1n) is 5.11. The minimum atomic E-state index is -0.729. The lowest BCUT2D eigenvalue weighted by Crippen LogP contribution is -2.46. The van der Waals surface area contributed by atoms with Crippen molar-refractivity contribution >= 4 is 17.5 Å². The van der Waals surface area contributed by atoms with Crippen LogP contribution in [0.25, 0.3) is 0 Å². The molecule has 0 aliphatic carbocycles. The van der Waals surface area contributed by atoms with Crippen LogP contribution in [-0.4, -0.2) is 27.1 Å². The highest BCUT2D eigenvalue weighted by Gasteiger charge is 2.25. The second-order valence-electron chi connectivity index (χ2n) is 4.59. The third-order valence-corrected chi connectivity index (χ3v) is 2.14. The van der Waals surface area contributed by atoms with Gasteiger partial charge in [-0.2, -0.15) is 5.10 Å². The summed E-state index contributed by atoms with van der Waals surface area (Å²) < 4.78 is 1.45. The number of anilines is 1. The Hall–Kier alpha value is -2.05. The highest BCUT2D eigenvalue weighted by Crippen LogP contribution is 2.12. The van der Waals surface area contributed by atoms with E-state index in [1.165, 1.54) is 10.9 Å². The topological polar surface area (TPSA) is 116 Å². The highest BCUT2D eigenvalue weighted by atomic mass is 16.2. The van der Waals surface area contributed by atoms with Crippen molar-refractivity contribution in [1.29, 1.82) is 0 Å². The molecule has 0 aliphatic rings. The summed E-state index contributed by atoms with van der Waals surface area (Å²) in [6.07, 6.45) is 1.58. The van der Waals surface area contributed by atoms with Crippen LogP contribution in [0.2, 0.25) is 0 Å². The number of nitrogens with zero attached hydrogens (tertiary/aromatic N) is 2. The molecule has 1 rings (SSSR count). The van der Waals surface area contributed by atoms with Crippen LogP contribution < -0.4 is 16.8 Å². The molecule has 0 saturated carbocycles. The van der Waals surface area contributed by atoms with Crippen LogP contribution in [0, 0.1) is 0 Å². The molecule has 5 N–H and O–H groups in total. The zero-order valence-electron chi connectivity index (χ0n) is 10.2. The van der Waals surface area contributed by atoms with Gasteiger partial charge in [-0.15, -0.1) is 0 Å². The van der Waals surface area contributed by atoms with Crippen LogP contribution >= 0.6 is 0 Å². The molecule has 0 radical (unpaired) electrons. The SMILES string of the molecule is Cn1cc(N)c(C(=O)NC(C)(C)CC(N)=O)n1. The fourth-order valence-corrected chi connectivity index (χ4v) is 1.53. The van der Waals surface area contributed by atoms with Crippen molar-refractivity contribution in [3.8, 4) is 0 Å². The Morgan fingerprint density at radius 3 is 2.53 bits per heavy atom. The van der Waals surface area contributed by atoms with Gasteiger partial charge in [0.2, 0.25) is 5.91 Å². The van der Waals surface area contributed by atoms with E-state index in [2.05, 4.69) is 10.4 Å². The van der Waals surface area contributed by atoms with Crippen molar-refractivity contribution in [3.05, 3.63) is 11.9 Å². The molecule has 1 heterocycles. The number of nitrogen functional groups attached to an aromatic ring is 1. The Kier molecular flexibility index (Phi) is 3.40. The van der Waals surface area contributed by atoms with E-state index in [1.807, 2.05) is 0 Å². The van der Waals surface area contributed by atoms with Gasteiger partial charge in [0.25, 0.3) is 5.91 Å².